The molecule has 0 aliphatic rings. The summed E-state index contributed by atoms with van der Waals surface area (Å²) >= 11 is 0. The first-order valence-corrected chi connectivity index (χ1v) is 7.59. The normalized spacial score (nSPS) is 12.4. The Bertz CT molecular complexity index is 927. The lowest BCUT2D eigenvalue weighted by molar-refractivity contribution is -0.137. The molecule has 0 heterocycles. The van der Waals surface area contributed by atoms with E-state index in [9.17, 15) is 13.2 Å². The van der Waals surface area contributed by atoms with E-state index in [1.807, 2.05) is 42.5 Å². The summed E-state index contributed by atoms with van der Waals surface area (Å²) in [6.45, 7) is 0. The Morgan fingerprint density at radius 3 is 2.40 bits per heavy atom. The fourth-order valence-electron chi connectivity index (χ4n) is 2.58. The van der Waals surface area contributed by atoms with Crippen molar-refractivity contribution in [2.24, 2.45) is 10.7 Å². The van der Waals surface area contributed by atoms with Gasteiger partial charge in [0.25, 0.3) is 0 Å². The Morgan fingerprint density at radius 2 is 1.64 bits per heavy atom. The highest BCUT2D eigenvalue weighted by Crippen LogP contribution is 2.31. The van der Waals surface area contributed by atoms with Crippen molar-refractivity contribution in [2.45, 2.75) is 6.18 Å². The number of benzene rings is 3. The van der Waals surface area contributed by atoms with Crippen molar-refractivity contribution in [1.82, 2.24) is 0 Å². The summed E-state index contributed by atoms with van der Waals surface area (Å²) in [5, 5.41) is 2.02. The molecule has 0 aliphatic carbocycles. The van der Waals surface area contributed by atoms with Gasteiger partial charge in [-0.05, 0) is 29.7 Å². The van der Waals surface area contributed by atoms with E-state index in [0.29, 0.717) is 0 Å². The van der Waals surface area contributed by atoms with E-state index in [-0.39, 0.29) is 11.6 Å². The molecule has 0 saturated carbocycles. The van der Waals surface area contributed by atoms with Gasteiger partial charge in [-0.25, -0.2) is 4.99 Å². The van der Waals surface area contributed by atoms with Gasteiger partial charge in [0.15, 0.2) is 0 Å². The van der Waals surface area contributed by atoms with E-state index < -0.39 is 11.7 Å². The van der Waals surface area contributed by atoms with Crippen LogP contribution in [-0.4, -0.2) is 13.0 Å². The number of aliphatic imine (C=N–C) groups is 1. The van der Waals surface area contributed by atoms with Crippen molar-refractivity contribution < 1.29 is 13.2 Å². The van der Waals surface area contributed by atoms with Gasteiger partial charge in [-0.15, -0.1) is 0 Å². The minimum atomic E-state index is -4.41. The molecule has 0 aromatic heterocycles. The number of fused-ring (bicyclic) bond motifs is 1. The molecule has 3 nitrogen and oxygen atoms in total. The van der Waals surface area contributed by atoms with Crippen LogP contribution >= 0.6 is 0 Å². The van der Waals surface area contributed by atoms with Gasteiger partial charge in [0.05, 0.1) is 16.9 Å². The first-order chi connectivity index (χ1) is 11.9. The van der Waals surface area contributed by atoms with E-state index in [4.69, 9.17) is 5.73 Å². The number of nitrogens with zero attached hydrogens (tertiary/aromatic N) is 2. The molecular formula is C19H16F3N3. The Balaban J connectivity index is 1.97. The maximum Gasteiger partial charge on any atom is 0.416 e. The van der Waals surface area contributed by atoms with Gasteiger partial charge in [0.1, 0.15) is 0 Å². The van der Waals surface area contributed by atoms with Gasteiger partial charge in [0.2, 0.25) is 5.96 Å². The van der Waals surface area contributed by atoms with Crippen LogP contribution < -0.4 is 10.6 Å². The summed E-state index contributed by atoms with van der Waals surface area (Å²) < 4.78 is 38.4. The highest BCUT2D eigenvalue weighted by Gasteiger charge is 2.30. The summed E-state index contributed by atoms with van der Waals surface area (Å²) in [4.78, 5) is 5.79. The fourth-order valence-corrected chi connectivity index (χ4v) is 2.58. The summed E-state index contributed by atoms with van der Waals surface area (Å²) in [5.74, 6) is 0.107. The minimum absolute atomic E-state index is 0.107. The third kappa shape index (κ3) is 3.57. The Morgan fingerprint density at radius 1 is 0.960 bits per heavy atom. The lowest BCUT2D eigenvalue weighted by atomic mass is 10.1. The standard InChI is InChI=1S/C19H16F3N3/c1-25(17-11-4-7-13-6-2-3-10-16(13)17)18(23)24-15-9-5-8-14(12-15)19(20,21)22/h2-12H,1H3,(H2,23,24). The van der Waals surface area contributed by atoms with Gasteiger partial charge in [-0.3, -0.25) is 0 Å². The van der Waals surface area contributed by atoms with Crippen molar-refractivity contribution in [3.63, 3.8) is 0 Å². The Labute approximate surface area is 143 Å². The molecule has 0 aliphatic heterocycles. The van der Waals surface area contributed by atoms with Crippen LogP contribution in [0.5, 0.6) is 0 Å². The summed E-state index contributed by atoms with van der Waals surface area (Å²) in [5.41, 5.74) is 6.25. The fraction of sp³-hybridized carbons (Fsp3) is 0.105. The van der Waals surface area contributed by atoms with E-state index in [1.54, 1.807) is 11.9 Å². The number of halogens is 3. The van der Waals surface area contributed by atoms with Gasteiger partial charge >= 0.3 is 6.18 Å². The van der Waals surface area contributed by atoms with Crippen LogP contribution in [0.15, 0.2) is 71.7 Å². The van der Waals surface area contributed by atoms with Crippen LogP contribution in [0.2, 0.25) is 0 Å². The van der Waals surface area contributed by atoms with Gasteiger partial charge in [0, 0.05) is 12.4 Å². The molecule has 0 atom stereocenters. The Kier molecular flexibility index (Phi) is 4.35. The Hall–Kier alpha value is -3.02. The molecule has 0 fully saturated rings. The lowest BCUT2D eigenvalue weighted by Crippen LogP contribution is -2.33. The first kappa shape index (κ1) is 16.8. The molecular weight excluding hydrogens is 327 g/mol. The molecule has 3 aromatic carbocycles. The SMILES string of the molecule is CN(C(N)=Nc1cccc(C(F)(F)F)c1)c1cccc2ccccc12. The first-order valence-electron chi connectivity index (χ1n) is 7.59. The number of anilines is 1. The zero-order valence-electron chi connectivity index (χ0n) is 13.5. The van der Waals surface area contributed by atoms with Crippen molar-refractivity contribution in [1.29, 1.82) is 0 Å². The van der Waals surface area contributed by atoms with Crippen LogP contribution in [0.4, 0.5) is 24.5 Å². The van der Waals surface area contributed by atoms with Crippen LogP contribution in [0.3, 0.4) is 0 Å². The van der Waals surface area contributed by atoms with Gasteiger partial charge < -0.3 is 10.6 Å². The topological polar surface area (TPSA) is 41.6 Å². The predicted molar refractivity (Wildman–Crippen MR) is 95.1 cm³/mol. The molecule has 0 bridgehead atoms. The quantitative estimate of drug-likeness (QED) is 0.529. The molecule has 0 unspecified atom stereocenters. The average Bonchev–Trinajstić information content (AvgIpc) is 2.60. The number of hydrogen-bond donors (Lipinski definition) is 1. The second-order valence-corrected chi connectivity index (χ2v) is 5.58. The van der Waals surface area contributed by atoms with Crippen LogP contribution in [0.1, 0.15) is 5.56 Å². The third-order valence-electron chi connectivity index (χ3n) is 3.89. The van der Waals surface area contributed by atoms with Crippen molar-refractivity contribution in [3.05, 3.63) is 72.3 Å². The highest BCUT2D eigenvalue weighted by molar-refractivity contribution is 6.04. The molecule has 0 saturated heterocycles. The molecule has 0 radical (unpaired) electrons. The number of rotatable bonds is 2. The monoisotopic (exact) mass is 343 g/mol. The molecule has 2 N–H and O–H groups in total. The van der Waals surface area contributed by atoms with Crippen molar-refractivity contribution in [3.8, 4) is 0 Å². The smallest absolute Gasteiger partial charge is 0.369 e. The van der Waals surface area contributed by atoms with E-state index in [0.717, 1.165) is 28.6 Å². The maximum atomic E-state index is 12.8. The molecule has 6 heteroatoms. The zero-order chi connectivity index (χ0) is 18.0. The number of nitrogens with two attached hydrogens (primary N) is 1. The summed E-state index contributed by atoms with van der Waals surface area (Å²) in [7, 11) is 1.73. The molecule has 25 heavy (non-hydrogen) atoms. The highest BCUT2D eigenvalue weighted by atomic mass is 19.4. The maximum absolute atomic E-state index is 12.8. The minimum Gasteiger partial charge on any atom is -0.369 e. The van der Waals surface area contributed by atoms with Crippen molar-refractivity contribution >= 4 is 28.1 Å². The van der Waals surface area contributed by atoms with E-state index >= 15 is 0 Å². The van der Waals surface area contributed by atoms with Gasteiger partial charge in [-0.2, -0.15) is 13.2 Å². The molecule has 3 rings (SSSR count). The van der Waals surface area contributed by atoms with E-state index in [1.165, 1.54) is 12.1 Å². The number of guanidine groups is 1. The van der Waals surface area contributed by atoms with Crippen molar-refractivity contribution in [2.75, 3.05) is 11.9 Å². The van der Waals surface area contributed by atoms with E-state index in [2.05, 4.69) is 4.99 Å². The molecule has 0 amide bonds. The lowest BCUT2D eigenvalue weighted by Gasteiger charge is -2.20. The van der Waals surface area contributed by atoms with Gasteiger partial charge in [-0.1, -0.05) is 42.5 Å². The molecule has 128 valence electrons. The third-order valence-corrected chi connectivity index (χ3v) is 3.89. The molecule has 0 spiro atoms. The van der Waals surface area contributed by atoms with Crippen LogP contribution in [0.25, 0.3) is 10.8 Å². The number of hydrogen-bond acceptors (Lipinski definition) is 1. The number of alkyl halides is 3. The summed E-state index contributed by atoms with van der Waals surface area (Å²) in [6.07, 6.45) is -4.41. The second-order valence-electron chi connectivity index (χ2n) is 5.58. The zero-order valence-corrected chi connectivity index (χ0v) is 13.5. The van der Waals surface area contributed by atoms with Crippen LogP contribution in [0, 0.1) is 0 Å². The molecule has 3 aromatic rings. The average molecular weight is 343 g/mol. The second kappa shape index (κ2) is 6.47. The predicted octanol–water partition coefficient (Wildman–Crippen LogP) is 4.94. The largest absolute Gasteiger partial charge is 0.416 e. The van der Waals surface area contributed by atoms with Crippen LogP contribution in [-0.2, 0) is 6.18 Å². The summed E-state index contributed by atoms with van der Waals surface area (Å²) in [6, 6.07) is 18.3.